The molecular formula is C13H8FNO5. The number of aromatic carboxylic acids is 1. The summed E-state index contributed by atoms with van der Waals surface area (Å²) in [4.78, 5) is 20.9. The molecule has 2 aromatic rings. The zero-order valence-corrected chi connectivity index (χ0v) is 9.95. The van der Waals surface area contributed by atoms with E-state index in [0.29, 0.717) is 0 Å². The number of nitro benzene ring substituents is 1. The third kappa shape index (κ3) is 2.89. The van der Waals surface area contributed by atoms with Crippen LogP contribution in [0, 0.1) is 15.9 Å². The quantitative estimate of drug-likeness (QED) is 0.684. The molecule has 0 amide bonds. The van der Waals surface area contributed by atoms with Crippen LogP contribution < -0.4 is 4.74 Å². The summed E-state index contributed by atoms with van der Waals surface area (Å²) >= 11 is 0. The van der Waals surface area contributed by atoms with E-state index in [0.717, 1.165) is 18.2 Å². The molecule has 7 heteroatoms. The van der Waals surface area contributed by atoms with Gasteiger partial charge in [0.15, 0.2) is 0 Å². The Morgan fingerprint density at radius 3 is 2.40 bits per heavy atom. The highest BCUT2D eigenvalue weighted by Gasteiger charge is 2.13. The minimum Gasteiger partial charge on any atom is -0.478 e. The molecule has 102 valence electrons. The molecule has 0 aliphatic carbocycles. The van der Waals surface area contributed by atoms with Crippen LogP contribution in [0.4, 0.5) is 10.1 Å². The molecule has 0 aromatic heterocycles. The van der Waals surface area contributed by atoms with Crippen molar-refractivity contribution in [2.24, 2.45) is 0 Å². The Labute approximate surface area is 112 Å². The molecule has 2 rings (SSSR count). The SMILES string of the molecule is O=C(O)c1ccc(F)cc1Oc1ccc([N+](=O)[O-])cc1. The van der Waals surface area contributed by atoms with Gasteiger partial charge in [-0.05, 0) is 24.3 Å². The Kier molecular flexibility index (Phi) is 3.60. The smallest absolute Gasteiger partial charge is 0.339 e. The zero-order valence-electron chi connectivity index (χ0n) is 9.95. The monoisotopic (exact) mass is 277 g/mol. The molecule has 0 heterocycles. The average Bonchev–Trinajstić information content (AvgIpc) is 2.39. The lowest BCUT2D eigenvalue weighted by Crippen LogP contribution is -2.00. The van der Waals surface area contributed by atoms with Gasteiger partial charge in [-0.25, -0.2) is 9.18 Å². The Morgan fingerprint density at radius 1 is 1.20 bits per heavy atom. The molecule has 0 bridgehead atoms. The number of rotatable bonds is 4. The number of nitro groups is 1. The first-order valence-corrected chi connectivity index (χ1v) is 5.42. The van der Waals surface area contributed by atoms with Crippen LogP contribution in [0.5, 0.6) is 11.5 Å². The number of nitrogens with zero attached hydrogens (tertiary/aromatic N) is 1. The van der Waals surface area contributed by atoms with E-state index in [2.05, 4.69) is 0 Å². The standard InChI is InChI=1S/C13H8FNO5/c14-8-1-6-11(13(16)17)12(7-8)20-10-4-2-9(3-5-10)15(18)19/h1-7H,(H,16,17). The molecule has 0 aliphatic rings. The van der Waals surface area contributed by atoms with Crippen molar-refractivity contribution in [3.63, 3.8) is 0 Å². The van der Waals surface area contributed by atoms with Gasteiger partial charge >= 0.3 is 5.97 Å². The number of halogens is 1. The number of carboxylic acids is 1. The van der Waals surface area contributed by atoms with Gasteiger partial charge < -0.3 is 9.84 Å². The van der Waals surface area contributed by atoms with E-state index in [1.807, 2.05) is 0 Å². The Hall–Kier alpha value is -2.96. The molecule has 20 heavy (non-hydrogen) atoms. The predicted molar refractivity (Wildman–Crippen MR) is 66.5 cm³/mol. The van der Waals surface area contributed by atoms with Crippen molar-refractivity contribution in [1.29, 1.82) is 0 Å². The van der Waals surface area contributed by atoms with Crippen molar-refractivity contribution in [3.05, 3.63) is 64.0 Å². The van der Waals surface area contributed by atoms with Crippen LogP contribution in [0.25, 0.3) is 0 Å². The second-order valence-corrected chi connectivity index (χ2v) is 3.80. The van der Waals surface area contributed by atoms with Gasteiger partial charge in [-0.2, -0.15) is 0 Å². The van der Waals surface area contributed by atoms with Gasteiger partial charge in [0.2, 0.25) is 0 Å². The molecule has 0 spiro atoms. The van der Waals surface area contributed by atoms with E-state index in [4.69, 9.17) is 9.84 Å². The molecule has 0 fully saturated rings. The summed E-state index contributed by atoms with van der Waals surface area (Å²) < 4.78 is 18.4. The van der Waals surface area contributed by atoms with Gasteiger partial charge in [0.05, 0.1) is 4.92 Å². The van der Waals surface area contributed by atoms with Crippen LogP contribution in [0.1, 0.15) is 10.4 Å². The van der Waals surface area contributed by atoms with Crippen LogP contribution in [0.2, 0.25) is 0 Å². The lowest BCUT2D eigenvalue weighted by Gasteiger charge is -2.08. The zero-order chi connectivity index (χ0) is 14.7. The Morgan fingerprint density at radius 2 is 1.85 bits per heavy atom. The highest BCUT2D eigenvalue weighted by Crippen LogP contribution is 2.27. The van der Waals surface area contributed by atoms with Crippen molar-refractivity contribution in [1.82, 2.24) is 0 Å². The van der Waals surface area contributed by atoms with E-state index in [1.54, 1.807) is 0 Å². The van der Waals surface area contributed by atoms with Gasteiger partial charge in [0.1, 0.15) is 22.9 Å². The predicted octanol–water partition coefficient (Wildman–Crippen LogP) is 3.22. The summed E-state index contributed by atoms with van der Waals surface area (Å²) in [6.45, 7) is 0. The highest BCUT2D eigenvalue weighted by atomic mass is 19.1. The second kappa shape index (κ2) is 5.35. The first-order chi connectivity index (χ1) is 9.47. The largest absolute Gasteiger partial charge is 0.478 e. The average molecular weight is 277 g/mol. The molecule has 6 nitrogen and oxygen atoms in total. The maximum absolute atomic E-state index is 13.1. The minimum absolute atomic E-state index is 0.130. The summed E-state index contributed by atoms with van der Waals surface area (Å²) in [5, 5.41) is 19.5. The molecule has 0 atom stereocenters. The lowest BCUT2D eigenvalue weighted by atomic mass is 10.2. The molecule has 0 aliphatic heterocycles. The second-order valence-electron chi connectivity index (χ2n) is 3.80. The van der Waals surface area contributed by atoms with Gasteiger partial charge in [0, 0.05) is 18.2 Å². The van der Waals surface area contributed by atoms with E-state index < -0.39 is 16.7 Å². The fourth-order valence-corrected chi connectivity index (χ4v) is 1.52. The van der Waals surface area contributed by atoms with Crippen LogP contribution >= 0.6 is 0 Å². The van der Waals surface area contributed by atoms with E-state index >= 15 is 0 Å². The van der Waals surface area contributed by atoms with E-state index in [1.165, 1.54) is 24.3 Å². The molecule has 0 saturated heterocycles. The number of ether oxygens (including phenoxy) is 1. The first-order valence-electron chi connectivity index (χ1n) is 5.42. The topological polar surface area (TPSA) is 89.7 Å². The van der Waals surface area contributed by atoms with Gasteiger partial charge in [-0.3, -0.25) is 10.1 Å². The molecule has 2 aromatic carbocycles. The highest BCUT2D eigenvalue weighted by molar-refractivity contribution is 5.90. The number of hydrogen-bond donors (Lipinski definition) is 1. The van der Waals surface area contributed by atoms with E-state index in [-0.39, 0.29) is 22.7 Å². The normalized spacial score (nSPS) is 10.1. The fourth-order valence-electron chi connectivity index (χ4n) is 1.52. The van der Waals surface area contributed by atoms with E-state index in [9.17, 15) is 19.3 Å². The minimum atomic E-state index is -1.26. The van der Waals surface area contributed by atoms with Crippen molar-refractivity contribution in [3.8, 4) is 11.5 Å². The lowest BCUT2D eigenvalue weighted by molar-refractivity contribution is -0.384. The molecule has 0 radical (unpaired) electrons. The number of hydrogen-bond acceptors (Lipinski definition) is 4. The number of non-ortho nitro benzene ring substituents is 1. The first kappa shape index (κ1) is 13.5. The third-order valence-electron chi connectivity index (χ3n) is 2.45. The fraction of sp³-hybridized carbons (Fsp3) is 0. The maximum atomic E-state index is 13.1. The number of carbonyl (C=O) groups is 1. The number of carboxylic acid groups (broad SMARTS) is 1. The molecule has 1 N–H and O–H groups in total. The Balaban J connectivity index is 2.31. The van der Waals surface area contributed by atoms with Crippen LogP contribution in [-0.4, -0.2) is 16.0 Å². The Bertz CT molecular complexity index is 669. The summed E-state index contributed by atoms with van der Waals surface area (Å²) in [5.41, 5.74) is -0.334. The third-order valence-corrected chi connectivity index (χ3v) is 2.45. The number of benzene rings is 2. The maximum Gasteiger partial charge on any atom is 0.339 e. The van der Waals surface area contributed by atoms with Crippen molar-refractivity contribution in [2.75, 3.05) is 0 Å². The summed E-state index contributed by atoms with van der Waals surface area (Å²) in [6, 6.07) is 8.03. The molecule has 0 saturated carbocycles. The van der Waals surface area contributed by atoms with Crippen molar-refractivity contribution >= 4 is 11.7 Å². The molecular weight excluding hydrogens is 269 g/mol. The molecule has 0 unspecified atom stereocenters. The van der Waals surface area contributed by atoms with Gasteiger partial charge in [-0.1, -0.05) is 0 Å². The van der Waals surface area contributed by atoms with Crippen molar-refractivity contribution in [2.45, 2.75) is 0 Å². The summed E-state index contributed by atoms with van der Waals surface area (Å²) in [6.07, 6.45) is 0. The van der Waals surface area contributed by atoms with Crippen molar-refractivity contribution < 1.29 is 24.0 Å². The van der Waals surface area contributed by atoms with Gasteiger partial charge in [0.25, 0.3) is 5.69 Å². The van der Waals surface area contributed by atoms with Crippen LogP contribution in [0.15, 0.2) is 42.5 Å². The summed E-state index contributed by atoms with van der Waals surface area (Å²) in [7, 11) is 0. The van der Waals surface area contributed by atoms with Gasteiger partial charge in [-0.15, -0.1) is 0 Å². The summed E-state index contributed by atoms with van der Waals surface area (Å²) in [5.74, 6) is -1.91. The van der Waals surface area contributed by atoms with Crippen LogP contribution in [0.3, 0.4) is 0 Å². The van der Waals surface area contributed by atoms with Crippen LogP contribution in [-0.2, 0) is 0 Å².